The Morgan fingerprint density at radius 1 is 1.33 bits per heavy atom. The zero-order valence-corrected chi connectivity index (χ0v) is 10.1. The number of aliphatic hydroxyl groups excluding tert-OH is 1. The minimum Gasteiger partial charge on any atom is -0.391 e. The van der Waals surface area contributed by atoms with Gasteiger partial charge in [-0.3, -0.25) is 4.57 Å². The van der Waals surface area contributed by atoms with Crippen molar-refractivity contribution in [3.8, 4) is 0 Å². The molecule has 1 fully saturated rings. The van der Waals surface area contributed by atoms with Crippen LogP contribution in [0.25, 0.3) is 0 Å². The standard InChI is InChI=1S/C10H22NO3P/c11-9(10(12)7-15(13)14)6-8-4-2-1-3-5-8/h8-10,12,15H,1-7,11H2,(H,13,14). The highest BCUT2D eigenvalue weighted by molar-refractivity contribution is 7.38. The molecule has 15 heavy (non-hydrogen) atoms. The third-order valence-corrected chi connectivity index (χ3v) is 3.98. The lowest BCUT2D eigenvalue weighted by Crippen LogP contribution is -2.38. The zero-order chi connectivity index (χ0) is 11.3. The molecule has 1 rings (SSSR count). The molecular formula is C10H22NO3P. The predicted octanol–water partition coefficient (Wildman–Crippen LogP) is 1.11. The van der Waals surface area contributed by atoms with E-state index in [1.165, 1.54) is 32.1 Å². The maximum atomic E-state index is 10.6. The van der Waals surface area contributed by atoms with Gasteiger partial charge in [-0.15, -0.1) is 0 Å². The Balaban J connectivity index is 2.26. The second-order valence-corrected chi connectivity index (χ2v) is 5.76. The van der Waals surface area contributed by atoms with Crippen LogP contribution in [0.2, 0.25) is 0 Å². The summed E-state index contributed by atoms with van der Waals surface area (Å²) in [5, 5.41) is 9.56. The van der Waals surface area contributed by atoms with Gasteiger partial charge in [-0.2, -0.15) is 0 Å². The molecule has 0 aromatic rings. The van der Waals surface area contributed by atoms with Crippen LogP contribution in [0.4, 0.5) is 0 Å². The van der Waals surface area contributed by atoms with Gasteiger partial charge < -0.3 is 15.7 Å². The molecule has 4 N–H and O–H groups in total. The molecule has 0 heterocycles. The summed E-state index contributed by atoms with van der Waals surface area (Å²) in [5.74, 6) is 0.601. The van der Waals surface area contributed by atoms with Crippen LogP contribution in [-0.2, 0) is 4.57 Å². The van der Waals surface area contributed by atoms with Gasteiger partial charge in [0, 0.05) is 12.2 Å². The lowest BCUT2D eigenvalue weighted by Gasteiger charge is -2.26. The smallest absolute Gasteiger partial charge is 0.191 e. The molecule has 1 aliphatic rings. The van der Waals surface area contributed by atoms with Gasteiger partial charge in [-0.1, -0.05) is 32.1 Å². The monoisotopic (exact) mass is 235 g/mol. The van der Waals surface area contributed by atoms with Crippen LogP contribution in [0.3, 0.4) is 0 Å². The lowest BCUT2D eigenvalue weighted by atomic mass is 9.84. The van der Waals surface area contributed by atoms with E-state index in [1.807, 2.05) is 0 Å². The van der Waals surface area contributed by atoms with E-state index in [2.05, 4.69) is 0 Å². The minimum atomic E-state index is -2.60. The molecule has 0 bridgehead atoms. The first-order valence-corrected chi connectivity index (χ1v) is 7.31. The Labute approximate surface area is 91.7 Å². The number of hydrogen-bond donors (Lipinski definition) is 3. The van der Waals surface area contributed by atoms with Gasteiger partial charge >= 0.3 is 0 Å². The van der Waals surface area contributed by atoms with E-state index in [0.29, 0.717) is 5.92 Å². The van der Waals surface area contributed by atoms with Crippen molar-refractivity contribution in [2.45, 2.75) is 50.7 Å². The number of aliphatic hydroxyl groups is 1. The SMILES string of the molecule is NC(CC1CCCCC1)C(O)C[PH](=O)O. The van der Waals surface area contributed by atoms with Gasteiger partial charge in [0.15, 0.2) is 8.03 Å². The Hall–Kier alpha value is 0.110. The third-order valence-electron chi connectivity index (χ3n) is 3.21. The first-order chi connectivity index (χ1) is 7.09. The molecule has 1 saturated carbocycles. The highest BCUT2D eigenvalue weighted by atomic mass is 31.1. The molecular weight excluding hydrogens is 213 g/mol. The molecule has 4 nitrogen and oxygen atoms in total. The van der Waals surface area contributed by atoms with Crippen molar-refractivity contribution in [2.75, 3.05) is 6.16 Å². The molecule has 3 unspecified atom stereocenters. The molecule has 0 aliphatic heterocycles. The fraction of sp³-hybridized carbons (Fsp3) is 1.00. The molecule has 0 saturated heterocycles. The first-order valence-electron chi connectivity index (χ1n) is 5.75. The predicted molar refractivity (Wildman–Crippen MR) is 61.3 cm³/mol. The summed E-state index contributed by atoms with van der Waals surface area (Å²) in [6, 6.07) is -0.339. The largest absolute Gasteiger partial charge is 0.391 e. The summed E-state index contributed by atoms with van der Waals surface area (Å²) in [7, 11) is -2.60. The van der Waals surface area contributed by atoms with Gasteiger partial charge in [-0.25, -0.2) is 0 Å². The fourth-order valence-electron chi connectivity index (χ4n) is 2.30. The van der Waals surface area contributed by atoms with E-state index in [1.54, 1.807) is 0 Å². The average Bonchev–Trinajstić information content (AvgIpc) is 2.18. The van der Waals surface area contributed by atoms with E-state index in [9.17, 15) is 9.67 Å². The van der Waals surface area contributed by atoms with E-state index in [0.717, 1.165) is 6.42 Å². The summed E-state index contributed by atoms with van der Waals surface area (Å²) in [6.45, 7) is 0. The summed E-state index contributed by atoms with van der Waals surface area (Å²) in [4.78, 5) is 8.71. The van der Waals surface area contributed by atoms with Crippen molar-refractivity contribution in [3.05, 3.63) is 0 Å². The minimum absolute atomic E-state index is 0.0570. The van der Waals surface area contributed by atoms with Gasteiger partial charge in [-0.05, 0) is 12.3 Å². The highest BCUT2D eigenvalue weighted by Gasteiger charge is 2.22. The van der Waals surface area contributed by atoms with E-state index >= 15 is 0 Å². The summed E-state index contributed by atoms with van der Waals surface area (Å²) in [5.41, 5.74) is 5.81. The second-order valence-electron chi connectivity index (χ2n) is 4.57. The van der Waals surface area contributed by atoms with Gasteiger partial charge in [0.1, 0.15) is 0 Å². The van der Waals surface area contributed by atoms with Gasteiger partial charge in [0.25, 0.3) is 0 Å². The van der Waals surface area contributed by atoms with E-state index in [4.69, 9.17) is 10.6 Å². The van der Waals surface area contributed by atoms with Crippen molar-refractivity contribution >= 4 is 8.03 Å². The fourth-order valence-corrected chi connectivity index (χ4v) is 2.96. The maximum Gasteiger partial charge on any atom is 0.191 e. The van der Waals surface area contributed by atoms with Gasteiger partial charge in [0.2, 0.25) is 0 Å². The topological polar surface area (TPSA) is 83.5 Å². The van der Waals surface area contributed by atoms with Crippen LogP contribution in [0, 0.1) is 5.92 Å². The quantitative estimate of drug-likeness (QED) is 0.623. The molecule has 3 atom stereocenters. The third kappa shape index (κ3) is 5.12. The number of nitrogens with two attached hydrogens (primary N) is 1. The Bertz CT molecular complexity index is 207. The maximum absolute atomic E-state index is 10.6. The molecule has 0 aromatic heterocycles. The lowest BCUT2D eigenvalue weighted by molar-refractivity contribution is 0.144. The van der Waals surface area contributed by atoms with Crippen molar-refractivity contribution in [1.29, 1.82) is 0 Å². The van der Waals surface area contributed by atoms with Crippen molar-refractivity contribution in [3.63, 3.8) is 0 Å². The number of rotatable bonds is 5. The van der Waals surface area contributed by atoms with E-state index < -0.39 is 14.1 Å². The molecule has 0 aromatic carbocycles. The van der Waals surface area contributed by atoms with Crippen LogP contribution in [-0.4, -0.2) is 28.3 Å². The van der Waals surface area contributed by atoms with Gasteiger partial charge in [0.05, 0.1) is 6.10 Å². The average molecular weight is 235 g/mol. The van der Waals surface area contributed by atoms with Crippen LogP contribution in [0.1, 0.15) is 38.5 Å². The molecule has 0 amide bonds. The normalized spacial score (nSPS) is 24.7. The van der Waals surface area contributed by atoms with Crippen LogP contribution in [0.15, 0.2) is 0 Å². The van der Waals surface area contributed by atoms with Crippen molar-refractivity contribution in [2.24, 2.45) is 11.7 Å². The van der Waals surface area contributed by atoms with Crippen LogP contribution in [0.5, 0.6) is 0 Å². The Morgan fingerprint density at radius 2 is 1.93 bits per heavy atom. The second kappa shape index (κ2) is 6.64. The molecule has 0 radical (unpaired) electrons. The van der Waals surface area contributed by atoms with Crippen molar-refractivity contribution < 1.29 is 14.6 Å². The molecule has 5 heteroatoms. The molecule has 0 spiro atoms. The zero-order valence-electron chi connectivity index (χ0n) is 9.06. The summed E-state index contributed by atoms with van der Waals surface area (Å²) < 4.78 is 10.6. The van der Waals surface area contributed by atoms with Crippen LogP contribution >= 0.6 is 8.03 Å². The highest BCUT2D eigenvalue weighted by Crippen LogP contribution is 2.28. The van der Waals surface area contributed by atoms with Crippen LogP contribution < -0.4 is 5.73 Å². The molecule has 1 aliphatic carbocycles. The summed E-state index contributed by atoms with van der Waals surface area (Å²) in [6.07, 6.45) is 6.11. The van der Waals surface area contributed by atoms with Crippen molar-refractivity contribution in [1.82, 2.24) is 0 Å². The number of hydrogen-bond acceptors (Lipinski definition) is 3. The first kappa shape index (κ1) is 13.2. The molecule has 90 valence electrons. The van der Waals surface area contributed by atoms with E-state index in [-0.39, 0.29) is 12.2 Å². The Morgan fingerprint density at radius 3 is 2.47 bits per heavy atom. The summed E-state index contributed by atoms with van der Waals surface area (Å²) >= 11 is 0. The Kier molecular flexibility index (Phi) is 5.83.